The van der Waals surface area contributed by atoms with E-state index in [1.165, 1.54) is 12.8 Å². The number of hydrogen-bond acceptors (Lipinski definition) is 5. The summed E-state index contributed by atoms with van der Waals surface area (Å²) < 4.78 is 5.33. The van der Waals surface area contributed by atoms with Crippen LogP contribution in [-0.4, -0.2) is 39.6 Å². The third-order valence-electron chi connectivity index (χ3n) is 3.27. The van der Waals surface area contributed by atoms with E-state index in [2.05, 4.69) is 15.1 Å². The van der Waals surface area contributed by atoms with E-state index >= 15 is 0 Å². The molecular weight excluding hydrogens is 320 g/mol. The first-order valence-corrected chi connectivity index (χ1v) is 8.67. The van der Waals surface area contributed by atoms with Crippen molar-refractivity contribution in [1.82, 2.24) is 15.0 Å². The Labute approximate surface area is 138 Å². The highest BCUT2D eigenvalue weighted by Gasteiger charge is 2.22. The van der Waals surface area contributed by atoms with E-state index in [0.29, 0.717) is 29.3 Å². The Morgan fingerprint density at radius 3 is 3.00 bits per heavy atom. The van der Waals surface area contributed by atoms with E-state index in [0.717, 1.165) is 10.7 Å². The summed E-state index contributed by atoms with van der Waals surface area (Å²) in [6.07, 6.45) is 4.41. The summed E-state index contributed by atoms with van der Waals surface area (Å²) in [5.41, 5.74) is 0.849. The summed E-state index contributed by atoms with van der Waals surface area (Å²) in [6.45, 7) is 0.542. The Bertz CT molecular complexity index is 684. The standard InChI is InChI=1S/C15H17ClN4OS/c1-20(15(22-2)17-12-6-7-12)9-13-18-14(19-21-13)10-4-3-5-11(16)8-10/h3-5,8,12H,6-7,9H2,1-2H3. The van der Waals surface area contributed by atoms with Gasteiger partial charge in [-0.05, 0) is 31.2 Å². The maximum atomic E-state index is 5.99. The van der Waals surface area contributed by atoms with Crippen molar-refractivity contribution in [3.8, 4) is 11.4 Å². The van der Waals surface area contributed by atoms with E-state index in [1.807, 2.05) is 42.5 Å². The molecule has 1 aromatic heterocycles. The highest BCUT2D eigenvalue weighted by molar-refractivity contribution is 8.13. The number of amidine groups is 1. The summed E-state index contributed by atoms with van der Waals surface area (Å²) in [7, 11) is 1.99. The molecule has 0 radical (unpaired) electrons. The van der Waals surface area contributed by atoms with Gasteiger partial charge in [0.05, 0.1) is 12.6 Å². The largest absolute Gasteiger partial charge is 0.345 e. The van der Waals surface area contributed by atoms with Crippen molar-refractivity contribution in [1.29, 1.82) is 0 Å². The van der Waals surface area contributed by atoms with Crippen LogP contribution < -0.4 is 0 Å². The molecular formula is C15H17ClN4OS. The SMILES string of the molecule is CSC(=NC1CC1)N(C)Cc1nc(-c2cccc(Cl)c2)no1. The molecule has 1 aliphatic carbocycles. The number of rotatable bonds is 4. The Morgan fingerprint density at radius 2 is 2.32 bits per heavy atom. The maximum Gasteiger partial charge on any atom is 0.246 e. The first-order chi connectivity index (χ1) is 10.7. The molecule has 1 fully saturated rings. The van der Waals surface area contributed by atoms with E-state index < -0.39 is 0 Å². The van der Waals surface area contributed by atoms with E-state index in [9.17, 15) is 0 Å². The summed E-state index contributed by atoms with van der Waals surface area (Å²) in [6, 6.07) is 7.91. The van der Waals surface area contributed by atoms with Crippen molar-refractivity contribution >= 4 is 28.5 Å². The van der Waals surface area contributed by atoms with Crippen LogP contribution in [0.5, 0.6) is 0 Å². The van der Waals surface area contributed by atoms with Gasteiger partial charge in [-0.25, -0.2) is 0 Å². The Kier molecular flexibility index (Phi) is 4.69. The minimum atomic E-state index is 0.495. The van der Waals surface area contributed by atoms with Gasteiger partial charge in [0, 0.05) is 17.6 Å². The molecule has 1 saturated carbocycles. The molecule has 0 N–H and O–H groups in total. The molecule has 1 heterocycles. The van der Waals surface area contributed by atoms with Crippen LogP contribution in [0.2, 0.25) is 5.02 Å². The van der Waals surface area contributed by atoms with Gasteiger partial charge in [-0.15, -0.1) is 0 Å². The zero-order valence-corrected chi connectivity index (χ0v) is 14.1. The predicted octanol–water partition coefficient (Wildman–Crippen LogP) is 3.70. The number of halogens is 1. The van der Waals surface area contributed by atoms with Crippen LogP contribution in [0.3, 0.4) is 0 Å². The quantitative estimate of drug-likeness (QED) is 0.629. The molecule has 0 spiro atoms. The monoisotopic (exact) mass is 336 g/mol. The molecule has 116 valence electrons. The Hall–Kier alpha value is -1.53. The summed E-state index contributed by atoms with van der Waals surface area (Å²) in [4.78, 5) is 11.1. The lowest BCUT2D eigenvalue weighted by atomic mass is 10.2. The Balaban J connectivity index is 1.71. The molecule has 0 unspecified atom stereocenters. The fraction of sp³-hybridized carbons (Fsp3) is 0.400. The summed E-state index contributed by atoms with van der Waals surface area (Å²) in [5, 5.41) is 5.68. The Morgan fingerprint density at radius 1 is 1.50 bits per heavy atom. The van der Waals surface area contributed by atoms with E-state index in [1.54, 1.807) is 11.8 Å². The van der Waals surface area contributed by atoms with Gasteiger partial charge in [0.1, 0.15) is 0 Å². The smallest absolute Gasteiger partial charge is 0.246 e. The van der Waals surface area contributed by atoms with Gasteiger partial charge >= 0.3 is 0 Å². The zero-order chi connectivity index (χ0) is 15.5. The lowest BCUT2D eigenvalue weighted by Gasteiger charge is -2.17. The van der Waals surface area contributed by atoms with Crippen molar-refractivity contribution in [2.45, 2.75) is 25.4 Å². The number of aromatic nitrogens is 2. The fourth-order valence-electron chi connectivity index (χ4n) is 2.00. The first-order valence-electron chi connectivity index (χ1n) is 7.07. The molecule has 5 nitrogen and oxygen atoms in total. The minimum absolute atomic E-state index is 0.495. The van der Waals surface area contributed by atoms with Gasteiger partial charge in [-0.3, -0.25) is 4.99 Å². The second kappa shape index (κ2) is 6.71. The van der Waals surface area contributed by atoms with Gasteiger partial charge in [0.25, 0.3) is 0 Å². The lowest BCUT2D eigenvalue weighted by Crippen LogP contribution is -2.24. The normalized spacial score (nSPS) is 15.1. The third kappa shape index (κ3) is 3.81. The van der Waals surface area contributed by atoms with Gasteiger partial charge in [0.2, 0.25) is 11.7 Å². The molecule has 3 rings (SSSR count). The van der Waals surface area contributed by atoms with Crippen molar-refractivity contribution < 1.29 is 4.52 Å². The highest BCUT2D eigenvalue weighted by Crippen LogP contribution is 2.26. The second-order valence-corrected chi connectivity index (χ2v) is 6.43. The minimum Gasteiger partial charge on any atom is -0.345 e. The van der Waals surface area contributed by atoms with Gasteiger partial charge < -0.3 is 9.42 Å². The molecule has 0 amide bonds. The van der Waals surface area contributed by atoms with Crippen LogP contribution in [-0.2, 0) is 6.54 Å². The number of thioether (sulfide) groups is 1. The average Bonchev–Trinajstić information content (AvgIpc) is 3.21. The third-order valence-corrected chi connectivity index (χ3v) is 4.29. The van der Waals surface area contributed by atoms with Crippen molar-refractivity contribution in [3.05, 3.63) is 35.2 Å². The van der Waals surface area contributed by atoms with E-state index in [-0.39, 0.29) is 0 Å². The van der Waals surface area contributed by atoms with Crippen LogP contribution in [0.25, 0.3) is 11.4 Å². The fourth-order valence-corrected chi connectivity index (χ4v) is 2.82. The van der Waals surface area contributed by atoms with E-state index in [4.69, 9.17) is 16.1 Å². The number of hydrogen-bond donors (Lipinski definition) is 0. The van der Waals surface area contributed by atoms with Gasteiger partial charge in [-0.1, -0.05) is 40.7 Å². The van der Waals surface area contributed by atoms with Crippen LogP contribution in [0.15, 0.2) is 33.8 Å². The van der Waals surface area contributed by atoms with Crippen LogP contribution in [0.1, 0.15) is 18.7 Å². The molecule has 0 bridgehead atoms. The van der Waals surface area contributed by atoms with Crippen LogP contribution >= 0.6 is 23.4 Å². The average molecular weight is 337 g/mol. The summed E-state index contributed by atoms with van der Waals surface area (Å²) >= 11 is 7.63. The molecule has 2 aromatic rings. The van der Waals surface area contributed by atoms with Crippen molar-refractivity contribution in [2.75, 3.05) is 13.3 Å². The van der Waals surface area contributed by atoms with Crippen LogP contribution in [0, 0.1) is 0 Å². The van der Waals surface area contributed by atoms with Gasteiger partial charge in [0.15, 0.2) is 5.17 Å². The first kappa shape index (κ1) is 15.4. The maximum absolute atomic E-state index is 5.99. The molecule has 1 aromatic carbocycles. The molecule has 0 atom stereocenters. The second-order valence-electron chi connectivity index (χ2n) is 5.23. The molecule has 0 aliphatic heterocycles. The topological polar surface area (TPSA) is 54.5 Å². The zero-order valence-electron chi connectivity index (χ0n) is 12.5. The molecule has 1 aliphatic rings. The lowest BCUT2D eigenvalue weighted by molar-refractivity contribution is 0.336. The molecule has 22 heavy (non-hydrogen) atoms. The van der Waals surface area contributed by atoms with Crippen molar-refractivity contribution in [2.24, 2.45) is 4.99 Å². The predicted molar refractivity (Wildman–Crippen MR) is 90.2 cm³/mol. The number of aliphatic imine (C=N–C) groups is 1. The van der Waals surface area contributed by atoms with Crippen molar-refractivity contribution in [3.63, 3.8) is 0 Å². The van der Waals surface area contributed by atoms with Gasteiger partial charge in [-0.2, -0.15) is 4.98 Å². The summed E-state index contributed by atoms with van der Waals surface area (Å²) in [5.74, 6) is 1.12. The highest BCUT2D eigenvalue weighted by atomic mass is 35.5. The molecule has 0 saturated heterocycles. The number of nitrogens with zero attached hydrogens (tertiary/aromatic N) is 4. The van der Waals surface area contributed by atoms with Crippen LogP contribution in [0.4, 0.5) is 0 Å². The number of benzene rings is 1. The molecule has 7 heteroatoms.